The minimum absolute atomic E-state index is 0.0805. The largest absolute Gasteiger partial charge is 0.416 e. The molecule has 0 radical (unpaired) electrons. The molecule has 0 aliphatic carbocycles. The summed E-state index contributed by atoms with van der Waals surface area (Å²) in [5.41, 5.74) is 0.761. The summed E-state index contributed by atoms with van der Waals surface area (Å²) in [6.45, 7) is 3.19. The van der Waals surface area contributed by atoms with Crippen LogP contribution in [0.5, 0.6) is 0 Å². The monoisotopic (exact) mass is 524 g/mol. The molecule has 0 spiro atoms. The number of carbonyl (C=O) groups excluding carboxylic acids is 1. The second-order valence-electron chi connectivity index (χ2n) is 8.76. The lowest BCUT2D eigenvalue weighted by Crippen LogP contribution is -2.44. The van der Waals surface area contributed by atoms with Crippen LogP contribution in [0.25, 0.3) is 5.65 Å². The highest BCUT2D eigenvalue weighted by Crippen LogP contribution is 2.34. The summed E-state index contributed by atoms with van der Waals surface area (Å²) in [5, 5.41) is 2.84. The highest BCUT2D eigenvalue weighted by atomic mass is 32.1. The van der Waals surface area contributed by atoms with Crippen LogP contribution < -0.4 is 5.32 Å². The molecule has 4 heterocycles. The van der Waals surface area contributed by atoms with E-state index < -0.39 is 17.6 Å². The highest BCUT2D eigenvalue weighted by molar-refractivity contribution is 7.16. The number of hydrogen-bond donors (Lipinski definition) is 1. The van der Waals surface area contributed by atoms with E-state index in [1.165, 1.54) is 18.3 Å². The normalized spacial score (nSPS) is 14.9. The SMILES string of the molecule is CN1CCN(Cc2ccc(C(=O)Nc3ncc(C#Cc4cnc5ccccn45)s3)cc2C(F)(F)F)CC1. The van der Waals surface area contributed by atoms with Crippen LogP contribution in [0, 0.1) is 11.8 Å². The Balaban J connectivity index is 1.29. The smallest absolute Gasteiger partial charge is 0.304 e. The van der Waals surface area contributed by atoms with Gasteiger partial charge in [0.1, 0.15) is 11.3 Å². The number of likely N-dealkylation sites (N-methyl/N-ethyl adjacent to an activating group) is 1. The van der Waals surface area contributed by atoms with E-state index in [2.05, 4.69) is 32.0 Å². The van der Waals surface area contributed by atoms with Crippen molar-refractivity contribution >= 4 is 28.0 Å². The number of aromatic nitrogens is 3. The molecule has 11 heteroatoms. The van der Waals surface area contributed by atoms with E-state index in [0.29, 0.717) is 23.7 Å². The maximum atomic E-state index is 13.8. The van der Waals surface area contributed by atoms with Gasteiger partial charge in [-0.1, -0.05) is 23.5 Å². The average molecular weight is 525 g/mol. The van der Waals surface area contributed by atoms with Crippen LogP contribution in [0.2, 0.25) is 0 Å². The van der Waals surface area contributed by atoms with E-state index >= 15 is 0 Å². The van der Waals surface area contributed by atoms with Gasteiger partial charge in [-0.3, -0.25) is 19.4 Å². The number of alkyl halides is 3. The fraction of sp³-hybridized carbons (Fsp3) is 0.269. The summed E-state index contributed by atoms with van der Waals surface area (Å²) in [4.78, 5) is 25.9. The Morgan fingerprint density at radius 1 is 1.08 bits per heavy atom. The van der Waals surface area contributed by atoms with E-state index in [4.69, 9.17) is 0 Å². The van der Waals surface area contributed by atoms with Gasteiger partial charge in [0.25, 0.3) is 5.91 Å². The lowest BCUT2D eigenvalue weighted by atomic mass is 10.0. The Bertz CT molecular complexity index is 1490. The van der Waals surface area contributed by atoms with Crippen LogP contribution in [0.15, 0.2) is 55.0 Å². The Labute approximate surface area is 215 Å². The number of amides is 1. The first-order chi connectivity index (χ1) is 17.8. The van der Waals surface area contributed by atoms with Gasteiger partial charge in [-0.2, -0.15) is 13.2 Å². The Kier molecular flexibility index (Phi) is 6.97. The quantitative estimate of drug-likeness (QED) is 0.406. The first-order valence-electron chi connectivity index (χ1n) is 11.6. The summed E-state index contributed by atoms with van der Waals surface area (Å²) < 4.78 is 43.4. The molecule has 4 aromatic rings. The first-order valence-corrected chi connectivity index (χ1v) is 12.4. The van der Waals surface area contributed by atoms with Gasteiger partial charge in [0.15, 0.2) is 5.13 Å². The van der Waals surface area contributed by atoms with Crippen molar-refractivity contribution in [2.24, 2.45) is 0 Å². The maximum Gasteiger partial charge on any atom is 0.416 e. The number of nitrogens with zero attached hydrogens (tertiary/aromatic N) is 5. The number of carbonyl (C=O) groups is 1. The molecule has 0 bridgehead atoms. The van der Waals surface area contributed by atoms with Crippen molar-refractivity contribution in [3.63, 3.8) is 0 Å². The van der Waals surface area contributed by atoms with Crippen LogP contribution in [0.1, 0.15) is 32.1 Å². The van der Waals surface area contributed by atoms with Crippen molar-refractivity contribution in [1.29, 1.82) is 0 Å². The molecule has 5 rings (SSSR count). The molecular weight excluding hydrogens is 501 g/mol. The molecule has 1 N–H and O–H groups in total. The van der Waals surface area contributed by atoms with Gasteiger partial charge in [0.2, 0.25) is 0 Å². The molecule has 0 saturated carbocycles. The number of anilines is 1. The Hall–Kier alpha value is -3.72. The Morgan fingerprint density at radius 2 is 1.89 bits per heavy atom. The molecule has 1 aliphatic rings. The summed E-state index contributed by atoms with van der Waals surface area (Å²) in [6.07, 6.45) is 0.463. The Morgan fingerprint density at radius 3 is 2.68 bits per heavy atom. The molecule has 7 nitrogen and oxygen atoms in total. The van der Waals surface area contributed by atoms with Crippen LogP contribution in [-0.2, 0) is 12.7 Å². The van der Waals surface area contributed by atoms with Crippen LogP contribution in [0.3, 0.4) is 0 Å². The van der Waals surface area contributed by atoms with Gasteiger partial charge >= 0.3 is 6.18 Å². The van der Waals surface area contributed by atoms with Crippen molar-refractivity contribution in [1.82, 2.24) is 24.2 Å². The number of piperazine rings is 1. The highest BCUT2D eigenvalue weighted by Gasteiger charge is 2.34. The number of imidazole rings is 1. The van der Waals surface area contributed by atoms with Gasteiger partial charge in [-0.25, -0.2) is 9.97 Å². The average Bonchev–Trinajstić information content (AvgIpc) is 3.50. The van der Waals surface area contributed by atoms with Crippen molar-refractivity contribution < 1.29 is 18.0 Å². The minimum atomic E-state index is -4.57. The summed E-state index contributed by atoms with van der Waals surface area (Å²) in [6, 6.07) is 9.37. The number of rotatable bonds is 4. The second-order valence-corrected chi connectivity index (χ2v) is 9.79. The number of hydrogen-bond acceptors (Lipinski definition) is 6. The number of thiazole rings is 1. The van der Waals surface area contributed by atoms with Crippen molar-refractivity contribution in [3.8, 4) is 11.8 Å². The predicted octanol–water partition coefficient (Wildman–Crippen LogP) is 4.21. The van der Waals surface area contributed by atoms with Gasteiger partial charge in [0, 0.05) is 44.5 Å². The number of pyridine rings is 1. The fourth-order valence-electron chi connectivity index (χ4n) is 4.08. The van der Waals surface area contributed by atoms with Gasteiger partial charge in [0.05, 0.1) is 22.8 Å². The standard InChI is InChI=1S/C26H23F3N6OS/c1-33-10-12-34(13-11-33)17-19-6-5-18(14-22(19)26(27,28)29)24(36)32-25-31-16-21(37-25)8-7-20-15-30-23-4-2-3-9-35(20)23/h2-6,9,14-16H,10-13,17H2,1H3,(H,31,32,36). The van der Waals surface area contributed by atoms with E-state index in [-0.39, 0.29) is 22.8 Å². The van der Waals surface area contributed by atoms with E-state index in [0.717, 1.165) is 36.1 Å². The molecule has 1 aliphatic heterocycles. The van der Waals surface area contributed by atoms with E-state index in [1.807, 2.05) is 40.7 Å². The number of nitrogens with one attached hydrogen (secondary N) is 1. The zero-order valence-corrected chi connectivity index (χ0v) is 20.7. The molecular formula is C26H23F3N6OS. The fourth-order valence-corrected chi connectivity index (χ4v) is 4.74. The van der Waals surface area contributed by atoms with Crippen LogP contribution in [0.4, 0.5) is 18.3 Å². The van der Waals surface area contributed by atoms with Crippen molar-refractivity contribution in [2.75, 3.05) is 38.5 Å². The third kappa shape index (κ3) is 5.83. The second kappa shape index (κ2) is 10.3. The molecule has 1 saturated heterocycles. The summed E-state index contributed by atoms with van der Waals surface area (Å²) in [5.74, 6) is 5.35. The number of halogens is 3. The van der Waals surface area contributed by atoms with Gasteiger partial charge in [-0.05, 0) is 48.7 Å². The molecule has 0 atom stereocenters. The van der Waals surface area contributed by atoms with Crippen molar-refractivity contribution in [3.05, 3.63) is 82.3 Å². The first kappa shape index (κ1) is 25.0. The number of benzene rings is 1. The molecule has 1 aromatic carbocycles. The topological polar surface area (TPSA) is 65.8 Å². The lowest BCUT2D eigenvalue weighted by Gasteiger charge is -2.33. The molecule has 3 aromatic heterocycles. The zero-order chi connectivity index (χ0) is 26.0. The van der Waals surface area contributed by atoms with E-state index in [9.17, 15) is 18.0 Å². The molecule has 1 amide bonds. The molecule has 37 heavy (non-hydrogen) atoms. The lowest BCUT2D eigenvalue weighted by molar-refractivity contribution is -0.138. The predicted molar refractivity (Wildman–Crippen MR) is 135 cm³/mol. The summed E-state index contributed by atoms with van der Waals surface area (Å²) in [7, 11) is 1.99. The zero-order valence-electron chi connectivity index (χ0n) is 19.9. The van der Waals surface area contributed by atoms with Gasteiger partial charge in [-0.15, -0.1) is 0 Å². The third-order valence-electron chi connectivity index (χ3n) is 6.12. The third-order valence-corrected chi connectivity index (χ3v) is 6.95. The summed E-state index contributed by atoms with van der Waals surface area (Å²) >= 11 is 1.14. The van der Waals surface area contributed by atoms with E-state index in [1.54, 1.807) is 6.20 Å². The molecule has 1 fully saturated rings. The van der Waals surface area contributed by atoms with Crippen LogP contribution >= 0.6 is 11.3 Å². The van der Waals surface area contributed by atoms with Gasteiger partial charge < -0.3 is 4.90 Å². The number of fused-ring (bicyclic) bond motifs is 1. The molecule has 0 unspecified atom stereocenters. The van der Waals surface area contributed by atoms with Crippen LogP contribution in [-0.4, -0.2) is 63.3 Å². The molecule has 190 valence electrons. The minimum Gasteiger partial charge on any atom is -0.304 e. The van der Waals surface area contributed by atoms with Crippen molar-refractivity contribution in [2.45, 2.75) is 12.7 Å². The maximum absolute atomic E-state index is 13.8.